The molecule has 1 N–H and O–H groups in total. The fourth-order valence-electron chi connectivity index (χ4n) is 3.54. The van der Waals surface area contributed by atoms with Crippen molar-refractivity contribution in [3.05, 3.63) is 24.3 Å². The van der Waals surface area contributed by atoms with Crippen LogP contribution >= 0.6 is 0 Å². The van der Waals surface area contributed by atoms with Gasteiger partial charge in [0.2, 0.25) is 10.0 Å². The van der Waals surface area contributed by atoms with E-state index < -0.39 is 10.0 Å². The van der Waals surface area contributed by atoms with Gasteiger partial charge in [0.15, 0.2) is 0 Å². The van der Waals surface area contributed by atoms with E-state index in [0.29, 0.717) is 23.2 Å². The molecule has 0 radical (unpaired) electrons. The van der Waals surface area contributed by atoms with Crippen molar-refractivity contribution in [3.8, 4) is 5.75 Å². The minimum absolute atomic E-state index is 0.130. The second-order valence-electron chi connectivity index (χ2n) is 5.81. The Morgan fingerprint density at radius 3 is 2.50 bits per heavy atom. The number of nitrogens with one attached hydrogen (secondary N) is 1. The molecule has 2 aliphatic rings. The molecule has 0 amide bonds. The van der Waals surface area contributed by atoms with Crippen LogP contribution in [0.4, 0.5) is 0 Å². The van der Waals surface area contributed by atoms with Crippen LogP contribution in [0.3, 0.4) is 0 Å². The SMILES string of the molecule is CCOc1ccc(S(=O)(=O)N[C@H]2C[C@@H]3CC[C@@H]2C3)cc1. The lowest BCUT2D eigenvalue weighted by Crippen LogP contribution is -2.38. The van der Waals surface area contributed by atoms with E-state index in [0.717, 1.165) is 12.3 Å². The van der Waals surface area contributed by atoms with Crippen molar-refractivity contribution >= 4 is 10.0 Å². The molecule has 1 aromatic carbocycles. The van der Waals surface area contributed by atoms with Gasteiger partial charge < -0.3 is 4.74 Å². The summed E-state index contributed by atoms with van der Waals surface area (Å²) < 4.78 is 33.0. The molecule has 20 heavy (non-hydrogen) atoms. The molecule has 0 saturated heterocycles. The van der Waals surface area contributed by atoms with E-state index in [1.807, 2.05) is 6.92 Å². The van der Waals surface area contributed by atoms with Crippen LogP contribution in [0, 0.1) is 11.8 Å². The quantitative estimate of drug-likeness (QED) is 0.908. The van der Waals surface area contributed by atoms with Crippen LogP contribution in [0.2, 0.25) is 0 Å². The zero-order valence-electron chi connectivity index (χ0n) is 11.7. The predicted octanol–water partition coefficient (Wildman–Crippen LogP) is 2.55. The Labute approximate surface area is 120 Å². The van der Waals surface area contributed by atoms with Crippen LogP contribution < -0.4 is 9.46 Å². The zero-order chi connectivity index (χ0) is 14.2. The highest BCUT2D eigenvalue weighted by atomic mass is 32.2. The molecule has 3 atom stereocenters. The van der Waals surface area contributed by atoms with E-state index in [-0.39, 0.29) is 6.04 Å². The Kier molecular flexibility index (Phi) is 3.73. The van der Waals surface area contributed by atoms with Crippen LogP contribution in [0.15, 0.2) is 29.2 Å². The van der Waals surface area contributed by atoms with Crippen molar-refractivity contribution in [1.82, 2.24) is 4.72 Å². The maximum absolute atomic E-state index is 12.4. The molecule has 2 aliphatic carbocycles. The van der Waals surface area contributed by atoms with Gasteiger partial charge in [0.05, 0.1) is 11.5 Å². The highest BCUT2D eigenvalue weighted by Gasteiger charge is 2.41. The van der Waals surface area contributed by atoms with Crippen molar-refractivity contribution in [2.45, 2.75) is 43.5 Å². The van der Waals surface area contributed by atoms with Gasteiger partial charge in [-0.05, 0) is 62.3 Å². The van der Waals surface area contributed by atoms with Gasteiger partial charge >= 0.3 is 0 Å². The van der Waals surface area contributed by atoms with Gasteiger partial charge in [-0.2, -0.15) is 0 Å². The first-order valence-electron chi connectivity index (χ1n) is 7.33. The second-order valence-corrected chi connectivity index (χ2v) is 7.52. The first-order chi connectivity index (χ1) is 9.58. The summed E-state index contributed by atoms with van der Waals surface area (Å²) in [6.45, 7) is 2.48. The normalized spacial score (nSPS) is 28.8. The summed E-state index contributed by atoms with van der Waals surface area (Å²) in [5, 5.41) is 0. The average molecular weight is 295 g/mol. The van der Waals surface area contributed by atoms with Crippen molar-refractivity contribution < 1.29 is 13.2 Å². The van der Waals surface area contributed by atoms with Gasteiger partial charge in [-0.15, -0.1) is 0 Å². The Morgan fingerprint density at radius 2 is 1.95 bits per heavy atom. The molecule has 1 aromatic rings. The molecule has 0 unspecified atom stereocenters. The molecule has 2 bridgehead atoms. The van der Waals surface area contributed by atoms with Crippen molar-refractivity contribution in [2.75, 3.05) is 6.61 Å². The molecule has 3 rings (SSSR count). The predicted molar refractivity (Wildman–Crippen MR) is 77.2 cm³/mol. The summed E-state index contributed by atoms with van der Waals surface area (Å²) in [6.07, 6.45) is 4.63. The highest BCUT2D eigenvalue weighted by molar-refractivity contribution is 7.89. The van der Waals surface area contributed by atoms with Crippen molar-refractivity contribution in [3.63, 3.8) is 0 Å². The molecule has 0 spiro atoms. The Morgan fingerprint density at radius 1 is 1.20 bits per heavy atom. The van der Waals surface area contributed by atoms with Crippen LogP contribution in [0.25, 0.3) is 0 Å². The number of ether oxygens (including phenoxy) is 1. The van der Waals surface area contributed by atoms with E-state index in [2.05, 4.69) is 4.72 Å². The fraction of sp³-hybridized carbons (Fsp3) is 0.600. The summed E-state index contributed by atoms with van der Waals surface area (Å²) in [5.74, 6) is 1.97. The second kappa shape index (κ2) is 5.37. The van der Waals surface area contributed by atoms with Gasteiger partial charge in [-0.3, -0.25) is 0 Å². The third kappa shape index (κ3) is 2.69. The number of rotatable bonds is 5. The third-order valence-electron chi connectivity index (χ3n) is 4.49. The van der Waals surface area contributed by atoms with Crippen LogP contribution in [0.5, 0.6) is 5.75 Å². The summed E-state index contributed by atoms with van der Waals surface area (Å²) in [7, 11) is -3.40. The van der Waals surface area contributed by atoms with E-state index in [1.54, 1.807) is 24.3 Å². The maximum atomic E-state index is 12.4. The lowest BCUT2D eigenvalue weighted by molar-refractivity contribution is 0.340. The van der Waals surface area contributed by atoms with E-state index in [4.69, 9.17) is 4.74 Å². The summed E-state index contributed by atoms with van der Waals surface area (Å²) in [5.41, 5.74) is 0. The van der Waals surface area contributed by atoms with Gasteiger partial charge in [-0.1, -0.05) is 6.42 Å². The van der Waals surface area contributed by atoms with Crippen LogP contribution in [-0.2, 0) is 10.0 Å². The fourth-order valence-corrected chi connectivity index (χ4v) is 4.86. The average Bonchev–Trinajstić information content (AvgIpc) is 3.01. The van der Waals surface area contributed by atoms with Crippen molar-refractivity contribution in [1.29, 1.82) is 0 Å². The number of hydrogen-bond acceptors (Lipinski definition) is 3. The minimum atomic E-state index is -3.40. The molecular weight excluding hydrogens is 274 g/mol. The monoisotopic (exact) mass is 295 g/mol. The number of sulfonamides is 1. The lowest BCUT2D eigenvalue weighted by Gasteiger charge is -2.22. The Bertz CT molecular complexity index is 567. The largest absolute Gasteiger partial charge is 0.494 e. The molecule has 5 heteroatoms. The summed E-state index contributed by atoms with van der Waals surface area (Å²) in [6, 6.07) is 6.77. The van der Waals surface area contributed by atoms with E-state index >= 15 is 0 Å². The minimum Gasteiger partial charge on any atom is -0.494 e. The van der Waals surface area contributed by atoms with Crippen molar-refractivity contribution in [2.24, 2.45) is 11.8 Å². The molecular formula is C15H21NO3S. The van der Waals surface area contributed by atoms with Gasteiger partial charge in [0.1, 0.15) is 5.75 Å². The number of hydrogen-bond donors (Lipinski definition) is 1. The molecule has 2 fully saturated rings. The van der Waals surface area contributed by atoms with Gasteiger partial charge in [0, 0.05) is 6.04 Å². The Balaban J connectivity index is 1.71. The third-order valence-corrected chi connectivity index (χ3v) is 6.00. The van der Waals surface area contributed by atoms with Gasteiger partial charge in [-0.25, -0.2) is 13.1 Å². The van der Waals surface area contributed by atoms with Crippen LogP contribution in [0.1, 0.15) is 32.6 Å². The van der Waals surface area contributed by atoms with Crippen LogP contribution in [-0.4, -0.2) is 21.1 Å². The lowest BCUT2D eigenvalue weighted by atomic mass is 9.96. The van der Waals surface area contributed by atoms with E-state index in [9.17, 15) is 8.42 Å². The highest BCUT2D eigenvalue weighted by Crippen LogP contribution is 2.44. The van der Waals surface area contributed by atoms with Gasteiger partial charge in [0.25, 0.3) is 0 Å². The Hall–Kier alpha value is -1.07. The molecule has 110 valence electrons. The zero-order valence-corrected chi connectivity index (χ0v) is 12.5. The first kappa shape index (κ1) is 13.9. The standard InChI is InChI=1S/C15H21NO3S/c1-2-19-13-5-7-14(8-6-13)20(17,18)16-15-10-11-3-4-12(15)9-11/h5-8,11-12,15-16H,2-4,9-10H2,1H3/t11-,12-,15+/m1/s1. The summed E-state index contributed by atoms with van der Waals surface area (Å²) in [4.78, 5) is 0.323. The molecule has 4 nitrogen and oxygen atoms in total. The smallest absolute Gasteiger partial charge is 0.240 e. The molecule has 0 aromatic heterocycles. The first-order valence-corrected chi connectivity index (χ1v) is 8.82. The topological polar surface area (TPSA) is 55.4 Å². The number of fused-ring (bicyclic) bond motifs is 2. The molecule has 0 aliphatic heterocycles. The summed E-state index contributed by atoms with van der Waals surface area (Å²) >= 11 is 0. The number of benzene rings is 1. The molecule has 2 saturated carbocycles. The molecule has 0 heterocycles. The van der Waals surface area contributed by atoms with E-state index in [1.165, 1.54) is 19.3 Å². The maximum Gasteiger partial charge on any atom is 0.240 e.